The van der Waals surface area contributed by atoms with Crippen molar-refractivity contribution in [2.75, 3.05) is 18.9 Å². The molecule has 0 amide bonds. The third-order valence-corrected chi connectivity index (χ3v) is 4.18. The Morgan fingerprint density at radius 2 is 1.39 bits per heavy atom. The molecule has 23 heavy (non-hydrogen) atoms. The molecule has 124 valence electrons. The summed E-state index contributed by atoms with van der Waals surface area (Å²) in [5.74, 6) is 1.86. The molecule has 0 heterocycles. The largest absolute Gasteiger partial charge is 0.494 e. The summed E-state index contributed by atoms with van der Waals surface area (Å²) in [6.45, 7) is 9.70. The van der Waals surface area contributed by atoms with Crippen molar-refractivity contribution in [3.8, 4) is 11.5 Å². The van der Waals surface area contributed by atoms with Crippen LogP contribution in [0.5, 0.6) is 11.5 Å². The van der Waals surface area contributed by atoms with E-state index in [1.807, 2.05) is 25.1 Å². The number of anilines is 1. The first-order chi connectivity index (χ1) is 11.0. The van der Waals surface area contributed by atoms with E-state index in [1.54, 1.807) is 0 Å². The molecule has 3 nitrogen and oxygen atoms in total. The summed E-state index contributed by atoms with van der Waals surface area (Å²) in [7, 11) is 0. The molecular formula is C20H27NO2. The van der Waals surface area contributed by atoms with Crippen molar-refractivity contribution in [2.45, 2.75) is 40.5 Å². The molecule has 2 aromatic carbocycles. The normalized spacial score (nSPS) is 10.6. The molecule has 0 unspecified atom stereocenters. The molecule has 2 N–H and O–H groups in total. The zero-order valence-corrected chi connectivity index (χ0v) is 14.6. The third-order valence-electron chi connectivity index (χ3n) is 4.18. The lowest BCUT2D eigenvalue weighted by atomic mass is 10.1. The lowest BCUT2D eigenvalue weighted by molar-refractivity contribution is 0.264. The van der Waals surface area contributed by atoms with Gasteiger partial charge in [-0.3, -0.25) is 0 Å². The van der Waals surface area contributed by atoms with Gasteiger partial charge in [0, 0.05) is 11.8 Å². The fourth-order valence-electron chi connectivity index (χ4n) is 2.42. The van der Waals surface area contributed by atoms with Crippen molar-refractivity contribution in [3.05, 3.63) is 52.6 Å². The molecule has 0 radical (unpaired) electrons. The van der Waals surface area contributed by atoms with Crippen molar-refractivity contribution in [2.24, 2.45) is 0 Å². The number of benzene rings is 2. The summed E-state index contributed by atoms with van der Waals surface area (Å²) in [5, 5.41) is 0. The van der Waals surface area contributed by atoms with E-state index < -0.39 is 0 Å². The Hall–Kier alpha value is -2.16. The van der Waals surface area contributed by atoms with Gasteiger partial charge in [0.05, 0.1) is 13.2 Å². The number of unbranched alkanes of at least 4 members (excludes halogenated alkanes) is 1. The van der Waals surface area contributed by atoms with Gasteiger partial charge in [-0.05, 0) is 68.9 Å². The third kappa shape index (κ3) is 4.65. The van der Waals surface area contributed by atoms with Crippen molar-refractivity contribution in [1.82, 2.24) is 0 Å². The Kier molecular flexibility index (Phi) is 5.91. The number of hydrogen-bond acceptors (Lipinski definition) is 3. The molecule has 0 aliphatic carbocycles. The molecule has 0 fully saturated rings. The van der Waals surface area contributed by atoms with Gasteiger partial charge in [-0.1, -0.05) is 18.2 Å². The highest BCUT2D eigenvalue weighted by molar-refractivity contribution is 5.50. The highest BCUT2D eigenvalue weighted by Crippen LogP contribution is 2.26. The topological polar surface area (TPSA) is 44.5 Å². The maximum atomic E-state index is 5.96. The van der Waals surface area contributed by atoms with Crippen LogP contribution in [0.1, 0.15) is 35.1 Å². The van der Waals surface area contributed by atoms with Crippen LogP contribution in [-0.4, -0.2) is 13.2 Å². The maximum Gasteiger partial charge on any atom is 0.125 e. The van der Waals surface area contributed by atoms with Gasteiger partial charge in [-0.2, -0.15) is 0 Å². The van der Waals surface area contributed by atoms with Crippen molar-refractivity contribution >= 4 is 5.69 Å². The van der Waals surface area contributed by atoms with Gasteiger partial charge in [-0.15, -0.1) is 0 Å². The minimum absolute atomic E-state index is 0.678. The van der Waals surface area contributed by atoms with E-state index in [2.05, 4.69) is 32.9 Å². The first-order valence-electron chi connectivity index (χ1n) is 8.17. The predicted molar refractivity (Wildman–Crippen MR) is 96.5 cm³/mol. The van der Waals surface area contributed by atoms with Crippen LogP contribution in [-0.2, 0) is 0 Å². The highest BCUT2D eigenvalue weighted by Gasteiger charge is 2.06. The van der Waals surface area contributed by atoms with Gasteiger partial charge in [0.1, 0.15) is 11.5 Å². The molecule has 0 atom stereocenters. The number of rotatable bonds is 7. The van der Waals surface area contributed by atoms with Crippen LogP contribution in [0.2, 0.25) is 0 Å². The van der Waals surface area contributed by atoms with E-state index in [4.69, 9.17) is 15.2 Å². The Morgan fingerprint density at radius 3 is 2.09 bits per heavy atom. The van der Waals surface area contributed by atoms with Gasteiger partial charge >= 0.3 is 0 Å². The average Bonchev–Trinajstić information content (AvgIpc) is 2.53. The molecule has 0 aliphatic rings. The molecule has 0 aromatic heterocycles. The molecule has 3 heteroatoms. The minimum Gasteiger partial charge on any atom is -0.494 e. The number of nitrogens with two attached hydrogens (primary N) is 1. The van der Waals surface area contributed by atoms with Gasteiger partial charge in [-0.25, -0.2) is 0 Å². The second-order valence-electron chi connectivity index (χ2n) is 6.08. The number of hydrogen-bond donors (Lipinski definition) is 1. The molecule has 0 aliphatic heterocycles. The molecule has 2 rings (SSSR count). The number of aryl methyl sites for hydroxylation is 3. The quantitative estimate of drug-likeness (QED) is 0.593. The Morgan fingerprint density at radius 1 is 0.783 bits per heavy atom. The van der Waals surface area contributed by atoms with E-state index in [0.29, 0.717) is 13.2 Å². The lowest BCUT2D eigenvalue weighted by Gasteiger charge is -2.14. The fraction of sp³-hybridized carbons (Fsp3) is 0.400. The van der Waals surface area contributed by atoms with Gasteiger partial charge in [0.15, 0.2) is 0 Å². The van der Waals surface area contributed by atoms with E-state index in [-0.39, 0.29) is 0 Å². The molecular weight excluding hydrogens is 286 g/mol. The highest BCUT2D eigenvalue weighted by atomic mass is 16.5. The van der Waals surface area contributed by atoms with Crippen LogP contribution in [0.3, 0.4) is 0 Å². The van der Waals surface area contributed by atoms with E-state index in [0.717, 1.165) is 35.6 Å². The van der Waals surface area contributed by atoms with Gasteiger partial charge in [0.25, 0.3) is 0 Å². The van der Waals surface area contributed by atoms with Crippen molar-refractivity contribution in [3.63, 3.8) is 0 Å². The zero-order valence-electron chi connectivity index (χ0n) is 14.6. The maximum absolute atomic E-state index is 5.96. The first-order valence-corrected chi connectivity index (χ1v) is 8.17. The van der Waals surface area contributed by atoms with E-state index >= 15 is 0 Å². The van der Waals surface area contributed by atoms with E-state index in [9.17, 15) is 0 Å². The predicted octanol–water partition coefficient (Wildman–Crippen LogP) is 4.74. The molecule has 0 saturated carbocycles. The summed E-state index contributed by atoms with van der Waals surface area (Å²) < 4.78 is 11.7. The lowest BCUT2D eigenvalue weighted by Crippen LogP contribution is -2.05. The average molecular weight is 313 g/mol. The summed E-state index contributed by atoms with van der Waals surface area (Å²) in [6.07, 6.45) is 1.92. The number of ether oxygens (including phenoxy) is 2. The summed E-state index contributed by atoms with van der Waals surface area (Å²) in [6, 6.07) is 10.1. The van der Waals surface area contributed by atoms with Crippen LogP contribution in [0.25, 0.3) is 0 Å². The van der Waals surface area contributed by atoms with Crippen molar-refractivity contribution in [1.29, 1.82) is 0 Å². The van der Waals surface area contributed by atoms with Crippen LogP contribution in [0.15, 0.2) is 30.3 Å². The second kappa shape index (κ2) is 7.91. The molecule has 0 saturated heterocycles. The molecule has 2 aromatic rings. The Balaban J connectivity index is 1.72. The summed E-state index contributed by atoms with van der Waals surface area (Å²) >= 11 is 0. The van der Waals surface area contributed by atoms with Crippen LogP contribution in [0, 0.1) is 27.7 Å². The van der Waals surface area contributed by atoms with E-state index in [1.165, 1.54) is 16.7 Å². The zero-order chi connectivity index (χ0) is 16.8. The van der Waals surface area contributed by atoms with Gasteiger partial charge in [0.2, 0.25) is 0 Å². The SMILES string of the molecule is Cc1ccc(OCCCCOc2c(C)ccc(C)c2C)cc1N. The monoisotopic (exact) mass is 313 g/mol. The second-order valence-corrected chi connectivity index (χ2v) is 6.08. The molecule has 0 spiro atoms. The Bertz CT molecular complexity index is 665. The fourth-order valence-corrected chi connectivity index (χ4v) is 2.42. The minimum atomic E-state index is 0.678. The first kappa shape index (κ1) is 17.2. The van der Waals surface area contributed by atoms with Crippen LogP contribution < -0.4 is 15.2 Å². The van der Waals surface area contributed by atoms with Crippen molar-refractivity contribution < 1.29 is 9.47 Å². The molecule has 0 bridgehead atoms. The summed E-state index contributed by atoms with van der Waals surface area (Å²) in [5.41, 5.74) is 11.4. The standard InChI is InChI=1S/C20H27NO2/c1-14-7-8-16(3)20(17(14)4)23-12-6-5-11-22-18-10-9-15(2)19(21)13-18/h7-10,13H,5-6,11-12,21H2,1-4H3. The smallest absolute Gasteiger partial charge is 0.125 e. The number of nitrogen functional groups attached to an aromatic ring is 1. The van der Waals surface area contributed by atoms with Crippen LogP contribution >= 0.6 is 0 Å². The van der Waals surface area contributed by atoms with Gasteiger partial charge < -0.3 is 15.2 Å². The van der Waals surface area contributed by atoms with Crippen LogP contribution in [0.4, 0.5) is 5.69 Å². The summed E-state index contributed by atoms with van der Waals surface area (Å²) in [4.78, 5) is 0. The Labute approximate surface area is 139 Å².